The molecular weight excluding hydrogens is 236 g/mol. The Labute approximate surface area is 99.6 Å². The van der Waals surface area contributed by atoms with Crippen molar-refractivity contribution in [1.82, 2.24) is 10.6 Å². The molecule has 0 aliphatic rings. The lowest BCUT2D eigenvalue weighted by atomic mass is 10.4. The summed E-state index contributed by atoms with van der Waals surface area (Å²) in [6.45, 7) is 1.70. The van der Waals surface area contributed by atoms with Crippen LogP contribution in [0.3, 0.4) is 0 Å². The van der Waals surface area contributed by atoms with Gasteiger partial charge >= 0.3 is 6.03 Å². The molecule has 0 atom stereocenters. The van der Waals surface area contributed by atoms with Gasteiger partial charge in [-0.15, -0.1) is 11.6 Å². The number of carbonyl (C=O) groups is 2. The molecule has 6 nitrogen and oxygen atoms in total. The zero-order valence-corrected chi connectivity index (χ0v) is 10.0. The number of nitrogens with one attached hydrogen (secondary N) is 2. The monoisotopic (exact) mass is 252 g/mol. The zero-order chi connectivity index (χ0) is 12.2. The Morgan fingerprint density at radius 3 is 2.62 bits per heavy atom. The van der Waals surface area contributed by atoms with Crippen LogP contribution in [0.1, 0.15) is 6.42 Å². The third-order valence-electron chi connectivity index (χ3n) is 1.54. The number of carbonyl (C=O) groups excluding carboxylic acids is 2. The van der Waals surface area contributed by atoms with Crippen molar-refractivity contribution in [3.8, 4) is 0 Å². The standard InChI is InChI=1S/C9H17ClN2O4/c1-15-6-7-16-5-4-11-9(14)12-8(13)2-3-10/h2-7H2,1H3,(H2,11,12,13,14). The van der Waals surface area contributed by atoms with E-state index in [9.17, 15) is 9.59 Å². The smallest absolute Gasteiger partial charge is 0.321 e. The summed E-state index contributed by atoms with van der Waals surface area (Å²) < 4.78 is 9.87. The van der Waals surface area contributed by atoms with Crippen LogP contribution in [0.25, 0.3) is 0 Å². The molecule has 0 unspecified atom stereocenters. The second-order valence-corrected chi connectivity index (χ2v) is 3.23. The molecule has 0 heterocycles. The molecule has 0 spiro atoms. The highest BCUT2D eigenvalue weighted by Crippen LogP contribution is 1.83. The lowest BCUT2D eigenvalue weighted by molar-refractivity contribution is -0.119. The quantitative estimate of drug-likeness (QED) is 0.475. The Kier molecular flexibility index (Phi) is 10.1. The molecule has 0 bridgehead atoms. The number of ether oxygens (including phenoxy) is 2. The molecule has 0 aliphatic carbocycles. The van der Waals surface area contributed by atoms with Crippen LogP contribution in [-0.4, -0.2) is 51.3 Å². The van der Waals surface area contributed by atoms with Crippen molar-refractivity contribution in [3.63, 3.8) is 0 Å². The number of halogens is 1. The average Bonchev–Trinajstić information content (AvgIpc) is 2.23. The maximum atomic E-state index is 11.1. The molecule has 0 fully saturated rings. The Morgan fingerprint density at radius 1 is 1.25 bits per heavy atom. The summed E-state index contributed by atoms with van der Waals surface area (Å²) in [6, 6.07) is -0.537. The molecule has 0 saturated heterocycles. The number of hydrogen-bond acceptors (Lipinski definition) is 4. The molecule has 3 amide bonds. The molecule has 7 heteroatoms. The summed E-state index contributed by atoms with van der Waals surface area (Å²) in [4.78, 5) is 22.0. The van der Waals surface area contributed by atoms with Crippen molar-refractivity contribution in [2.24, 2.45) is 0 Å². The number of alkyl halides is 1. The number of amides is 3. The second kappa shape index (κ2) is 10.7. The van der Waals surface area contributed by atoms with Crippen molar-refractivity contribution in [2.75, 3.05) is 39.4 Å². The first kappa shape index (κ1) is 15.2. The van der Waals surface area contributed by atoms with Gasteiger partial charge < -0.3 is 14.8 Å². The molecule has 0 aromatic carbocycles. The maximum Gasteiger partial charge on any atom is 0.321 e. The molecule has 0 saturated carbocycles. The second-order valence-electron chi connectivity index (χ2n) is 2.85. The van der Waals surface area contributed by atoms with Crippen molar-refractivity contribution >= 4 is 23.5 Å². The van der Waals surface area contributed by atoms with Gasteiger partial charge in [0, 0.05) is 26.0 Å². The number of rotatable bonds is 8. The maximum absolute atomic E-state index is 11.1. The molecule has 0 aromatic rings. The molecule has 0 aliphatic heterocycles. The molecule has 2 N–H and O–H groups in total. The van der Waals surface area contributed by atoms with Crippen molar-refractivity contribution < 1.29 is 19.1 Å². The number of imide groups is 1. The lowest BCUT2D eigenvalue weighted by Gasteiger charge is -2.06. The Balaban J connectivity index is 3.33. The summed E-state index contributed by atoms with van der Waals surface area (Å²) in [6.07, 6.45) is 0.124. The van der Waals surface area contributed by atoms with Crippen LogP contribution >= 0.6 is 11.6 Å². The van der Waals surface area contributed by atoms with Gasteiger partial charge in [0.05, 0.1) is 19.8 Å². The lowest BCUT2D eigenvalue weighted by Crippen LogP contribution is -2.40. The summed E-state index contributed by atoms with van der Waals surface area (Å²) in [5, 5.41) is 4.60. The predicted molar refractivity (Wildman–Crippen MR) is 59.6 cm³/mol. The Bertz CT molecular complexity index is 214. The van der Waals surface area contributed by atoms with Crippen molar-refractivity contribution in [3.05, 3.63) is 0 Å². The summed E-state index contributed by atoms with van der Waals surface area (Å²) in [5.41, 5.74) is 0. The highest BCUT2D eigenvalue weighted by atomic mass is 35.5. The first-order chi connectivity index (χ1) is 7.70. The highest BCUT2D eigenvalue weighted by molar-refractivity contribution is 6.19. The van der Waals surface area contributed by atoms with Crippen LogP contribution < -0.4 is 10.6 Å². The fourth-order valence-electron chi connectivity index (χ4n) is 0.800. The van der Waals surface area contributed by atoms with Gasteiger partial charge in [0.25, 0.3) is 0 Å². The van der Waals surface area contributed by atoms with E-state index in [1.807, 2.05) is 0 Å². The summed E-state index contributed by atoms with van der Waals surface area (Å²) >= 11 is 5.33. The fraction of sp³-hybridized carbons (Fsp3) is 0.778. The van der Waals surface area contributed by atoms with E-state index in [-0.39, 0.29) is 12.3 Å². The minimum absolute atomic E-state index is 0.124. The third kappa shape index (κ3) is 9.70. The Hall–Kier alpha value is -0.850. The van der Waals surface area contributed by atoms with E-state index in [4.69, 9.17) is 21.1 Å². The van der Waals surface area contributed by atoms with E-state index in [1.165, 1.54) is 0 Å². The van der Waals surface area contributed by atoms with E-state index in [1.54, 1.807) is 7.11 Å². The van der Waals surface area contributed by atoms with E-state index in [2.05, 4.69) is 10.6 Å². The van der Waals surface area contributed by atoms with Gasteiger partial charge in [0.2, 0.25) is 5.91 Å². The summed E-state index contributed by atoms with van der Waals surface area (Å²) in [5.74, 6) is -0.202. The number of urea groups is 1. The zero-order valence-electron chi connectivity index (χ0n) is 9.25. The van der Waals surface area contributed by atoms with Gasteiger partial charge in [-0.3, -0.25) is 10.1 Å². The topological polar surface area (TPSA) is 76.7 Å². The highest BCUT2D eigenvalue weighted by Gasteiger charge is 2.05. The van der Waals surface area contributed by atoms with Gasteiger partial charge in [0.1, 0.15) is 0 Å². The van der Waals surface area contributed by atoms with Gasteiger partial charge in [-0.1, -0.05) is 0 Å². The van der Waals surface area contributed by atoms with Crippen LogP contribution in [0.15, 0.2) is 0 Å². The van der Waals surface area contributed by atoms with Gasteiger partial charge in [0.15, 0.2) is 0 Å². The van der Waals surface area contributed by atoms with Crippen LogP contribution in [0.2, 0.25) is 0 Å². The van der Waals surface area contributed by atoms with Crippen molar-refractivity contribution in [1.29, 1.82) is 0 Å². The van der Waals surface area contributed by atoms with Crippen LogP contribution in [0, 0.1) is 0 Å². The number of methoxy groups -OCH3 is 1. The first-order valence-corrected chi connectivity index (χ1v) is 5.44. The average molecular weight is 253 g/mol. The summed E-state index contributed by atoms with van der Waals surface area (Å²) in [7, 11) is 1.58. The van der Waals surface area contributed by atoms with Crippen LogP contribution in [0.5, 0.6) is 0 Å². The largest absolute Gasteiger partial charge is 0.382 e. The predicted octanol–water partition coefficient (Wildman–Crippen LogP) is 0.104. The SMILES string of the molecule is COCCOCCNC(=O)NC(=O)CCCl. The van der Waals surface area contributed by atoms with Gasteiger partial charge in [-0.2, -0.15) is 0 Å². The molecule has 94 valence electrons. The molecule has 0 aromatic heterocycles. The van der Waals surface area contributed by atoms with Crippen LogP contribution in [0.4, 0.5) is 4.79 Å². The molecule has 16 heavy (non-hydrogen) atoms. The molecular formula is C9H17ClN2O4. The van der Waals surface area contributed by atoms with E-state index in [0.29, 0.717) is 26.4 Å². The van der Waals surface area contributed by atoms with E-state index in [0.717, 1.165) is 0 Å². The van der Waals surface area contributed by atoms with Gasteiger partial charge in [-0.25, -0.2) is 4.79 Å². The molecule has 0 radical (unpaired) electrons. The third-order valence-corrected chi connectivity index (χ3v) is 1.73. The Morgan fingerprint density at radius 2 is 2.00 bits per heavy atom. The molecule has 0 rings (SSSR count). The number of hydrogen-bond donors (Lipinski definition) is 2. The first-order valence-electron chi connectivity index (χ1n) is 4.91. The minimum Gasteiger partial charge on any atom is -0.382 e. The van der Waals surface area contributed by atoms with E-state index < -0.39 is 11.9 Å². The normalized spacial score (nSPS) is 9.88. The minimum atomic E-state index is -0.537. The van der Waals surface area contributed by atoms with Crippen molar-refractivity contribution in [2.45, 2.75) is 6.42 Å². The van der Waals surface area contributed by atoms with Crippen LogP contribution in [-0.2, 0) is 14.3 Å². The van der Waals surface area contributed by atoms with Gasteiger partial charge in [-0.05, 0) is 0 Å². The fourth-order valence-corrected chi connectivity index (χ4v) is 0.972. The van der Waals surface area contributed by atoms with E-state index >= 15 is 0 Å².